The van der Waals surface area contributed by atoms with Crippen LogP contribution in [0.3, 0.4) is 0 Å². The normalized spacial score (nSPS) is 13.9. The van der Waals surface area contributed by atoms with Crippen molar-refractivity contribution >= 4 is 46.7 Å². The van der Waals surface area contributed by atoms with Gasteiger partial charge in [0, 0.05) is 18.7 Å². The first-order chi connectivity index (χ1) is 18.5. The molecule has 3 aromatic rings. The topological polar surface area (TPSA) is 223 Å². The Bertz CT molecular complexity index is 1380. The fraction of sp³-hybridized carbons (Fsp3) is 0.296. The highest BCUT2D eigenvalue weighted by Gasteiger charge is 2.32. The van der Waals surface area contributed by atoms with E-state index in [-0.39, 0.29) is 37.0 Å². The Balaban J connectivity index is 0.00000560. The summed E-state index contributed by atoms with van der Waals surface area (Å²) in [4.78, 5) is 30.2. The minimum absolute atomic E-state index is 0. The van der Waals surface area contributed by atoms with Gasteiger partial charge >= 0.3 is 5.97 Å². The smallest absolute Gasteiger partial charge is 0.336 e. The summed E-state index contributed by atoms with van der Waals surface area (Å²) < 4.78 is 0. The number of halogens is 1. The molecule has 4 atom stereocenters. The summed E-state index contributed by atoms with van der Waals surface area (Å²) >= 11 is 0. The third-order valence-electron chi connectivity index (χ3n) is 6.29. The molecule has 0 aliphatic carbocycles. The van der Waals surface area contributed by atoms with Gasteiger partial charge in [0.1, 0.15) is 24.4 Å². The second kappa shape index (κ2) is 14.0. The molecule has 0 saturated carbocycles. The van der Waals surface area contributed by atoms with Gasteiger partial charge in [-0.3, -0.25) is 4.79 Å². The van der Waals surface area contributed by atoms with E-state index in [9.17, 15) is 35.1 Å². The van der Waals surface area contributed by atoms with E-state index in [1.165, 1.54) is 17.0 Å². The number of amides is 1. The summed E-state index contributed by atoms with van der Waals surface area (Å²) in [5.74, 6) is -1.72. The molecule has 0 bridgehead atoms. The number of fused-ring (bicyclic) bond motifs is 1. The summed E-state index contributed by atoms with van der Waals surface area (Å²) in [6, 6.07) is 14.6. The van der Waals surface area contributed by atoms with Crippen molar-refractivity contribution in [1.82, 2.24) is 4.90 Å². The molecule has 0 aromatic heterocycles. The predicted molar refractivity (Wildman–Crippen MR) is 152 cm³/mol. The van der Waals surface area contributed by atoms with Crippen LogP contribution in [0.25, 0.3) is 21.9 Å². The molecule has 0 aliphatic rings. The van der Waals surface area contributed by atoms with Crippen molar-refractivity contribution < 1.29 is 40.2 Å². The number of nitrogens with zero attached hydrogens (tertiary/aromatic N) is 2. The van der Waals surface area contributed by atoms with Gasteiger partial charge in [-0.2, -0.15) is 0 Å². The van der Waals surface area contributed by atoms with Gasteiger partial charge in [-0.1, -0.05) is 18.2 Å². The number of carbonyl (C=O) groups excluding carboxylic acids is 1. The van der Waals surface area contributed by atoms with Crippen LogP contribution in [-0.4, -0.2) is 97.5 Å². The highest BCUT2D eigenvalue weighted by atomic mass is 35.5. The standard InChI is InChI=1S/C27H32N4O8.ClH/c1-2-31(12-21(33)23(35)24(36)22(34)13-32)25(37)17-6-4-14-9-16(5-3-15(14)10-17)20-11-18(30-27(28)29)7-8-19(20)26(38)39;/h3-11,21-24,32-36H,2,12-13H2,1H3,(H,38,39)(H4,28,29,30);1H/t21-,22+,23+,24+;/m0./s1. The largest absolute Gasteiger partial charge is 0.478 e. The number of hydrogen-bond donors (Lipinski definition) is 8. The molecule has 13 heteroatoms. The molecule has 0 unspecified atom stereocenters. The number of aliphatic hydroxyl groups is 5. The first-order valence-corrected chi connectivity index (χ1v) is 12.1. The van der Waals surface area contributed by atoms with Crippen LogP contribution < -0.4 is 11.5 Å². The number of guanidine groups is 1. The number of benzene rings is 3. The molecular weight excluding hydrogens is 544 g/mol. The lowest BCUT2D eigenvalue weighted by Crippen LogP contribution is -2.50. The number of carbonyl (C=O) groups is 2. The predicted octanol–water partition coefficient (Wildman–Crippen LogP) is 0.430. The lowest BCUT2D eigenvalue weighted by atomic mass is 9.95. The van der Waals surface area contributed by atoms with Gasteiger partial charge in [0.2, 0.25) is 0 Å². The zero-order chi connectivity index (χ0) is 28.9. The number of aliphatic imine (C=N–C) groups is 1. The molecular formula is C27H33ClN4O8. The van der Waals surface area contributed by atoms with E-state index in [1.807, 2.05) is 0 Å². The van der Waals surface area contributed by atoms with E-state index in [1.54, 1.807) is 49.4 Å². The molecule has 0 spiro atoms. The fourth-order valence-corrected chi connectivity index (χ4v) is 4.16. The monoisotopic (exact) mass is 576 g/mol. The van der Waals surface area contributed by atoms with E-state index in [0.29, 0.717) is 27.8 Å². The van der Waals surface area contributed by atoms with Crippen LogP contribution in [-0.2, 0) is 0 Å². The molecule has 0 saturated heterocycles. The van der Waals surface area contributed by atoms with Gasteiger partial charge < -0.3 is 47.0 Å². The number of carboxylic acids is 1. The SMILES string of the molecule is CCN(C[C@H](O)[C@@H](O)[C@H](O)[C@H](O)CO)C(=O)c1ccc2cc(-c3cc(N=C(N)N)ccc3C(=O)O)ccc2c1.Cl. The summed E-state index contributed by atoms with van der Waals surface area (Å²) in [7, 11) is 0. The Hall–Kier alpha value is -3.78. The Kier molecular flexibility index (Phi) is 11.4. The van der Waals surface area contributed by atoms with E-state index in [0.717, 1.165) is 5.39 Å². The molecule has 12 nitrogen and oxygen atoms in total. The summed E-state index contributed by atoms with van der Waals surface area (Å²) in [6.07, 6.45) is -6.81. The third kappa shape index (κ3) is 7.45. The van der Waals surface area contributed by atoms with Crippen LogP contribution in [0, 0.1) is 0 Å². The van der Waals surface area contributed by atoms with Crippen LogP contribution in [0.2, 0.25) is 0 Å². The number of carboxylic acid groups (broad SMARTS) is 1. The molecule has 3 aromatic carbocycles. The number of hydrogen-bond acceptors (Lipinski definition) is 8. The molecule has 0 heterocycles. The van der Waals surface area contributed by atoms with E-state index in [4.69, 9.17) is 16.6 Å². The van der Waals surface area contributed by atoms with Crippen LogP contribution in [0.15, 0.2) is 59.6 Å². The molecule has 0 fully saturated rings. The van der Waals surface area contributed by atoms with Gasteiger partial charge in [0.15, 0.2) is 5.96 Å². The van der Waals surface area contributed by atoms with Crippen molar-refractivity contribution in [2.75, 3.05) is 19.7 Å². The summed E-state index contributed by atoms with van der Waals surface area (Å²) in [5, 5.41) is 59.8. The number of aliphatic hydroxyl groups excluding tert-OH is 5. The van der Waals surface area contributed by atoms with E-state index >= 15 is 0 Å². The molecule has 0 radical (unpaired) electrons. The van der Waals surface area contributed by atoms with Gasteiger partial charge in [-0.15, -0.1) is 12.4 Å². The number of aromatic carboxylic acids is 1. The van der Waals surface area contributed by atoms with Crippen molar-refractivity contribution in [3.05, 3.63) is 65.7 Å². The minimum Gasteiger partial charge on any atom is -0.478 e. The van der Waals surface area contributed by atoms with Gasteiger partial charge in [-0.05, 0) is 65.2 Å². The van der Waals surface area contributed by atoms with Crippen LogP contribution >= 0.6 is 12.4 Å². The average Bonchev–Trinajstić information content (AvgIpc) is 2.92. The maximum Gasteiger partial charge on any atom is 0.336 e. The zero-order valence-corrected chi connectivity index (χ0v) is 22.4. The summed E-state index contributed by atoms with van der Waals surface area (Å²) in [6.45, 7) is 0.731. The quantitative estimate of drug-likeness (QED) is 0.116. The second-order valence-electron chi connectivity index (χ2n) is 8.99. The molecule has 3 rings (SSSR count). The maximum atomic E-state index is 13.2. The second-order valence-corrected chi connectivity index (χ2v) is 8.99. The van der Waals surface area contributed by atoms with Gasteiger partial charge in [-0.25, -0.2) is 9.79 Å². The number of nitrogens with two attached hydrogens (primary N) is 2. The molecule has 0 aliphatic heterocycles. The lowest BCUT2D eigenvalue weighted by Gasteiger charge is -2.30. The zero-order valence-electron chi connectivity index (χ0n) is 21.6. The fourth-order valence-electron chi connectivity index (χ4n) is 4.16. The number of rotatable bonds is 11. The molecule has 40 heavy (non-hydrogen) atoms. The minimum atomic E-state index is -1.80. The third-order valence-corrected chi connectivity index (χ3v) is 6.29. The van der Waals surface area contributed by atoms with Crippen LogP contribution in [0.1, 0.15) is 27.6 Å². The first kappa shape index (κ1) is 32.4. The Morgan fingerprint density at radius 3 is 2.12 bits per heavy atom. The van der Waals surface area contributed by atoms with Crippen molar-refractivity contribution in [2.24, 2.45) is 16.5 Å². The van der Waals surface area contributed by atoms with Gasteiger partial charge in [0.25, 0.3) is 5.91 Å². The lowest BCUT2D eigenvalue weighted by molar-refractivity contribution is -0.117. The van der Waals surface area contributed by atoms with Crippen molar-refractivity contribution in [1.29, 1.82) is 0 Å². The first-order valence-electron chi connectivity index (χ1n) is 12.1. The maximum absolute atomic E-state index is 13.2. The Labute approximate surface area is 236 Å². The van der Waals surface area contributed by atoms with Gasteiger partial charge in [0.05, 0.1) is 17.9 Å². The van der Waals surface area contributed by atoms with Crippen LogP contribution in [0.4, 0.5) is 5.69 Å². The Morgan fingerprint density at radius 2 is 1.52 bits per heavy atom. The highest BCUT2D eigenvalue weighted by Crippen LogP contribution is 2.31. The molecule has 1 amide bonds. The van der Waals surface area contributed by atoms with Crippen molar-refractivity contribution in [3.63, 3.8) is 0 Å². The van der Waals surface area contributed by atoms with Crippen molar-refractivity contribution in [2.45, 2.75) is 31.3 Å². The number of likely N-dealkylation sites (N-methyl/N-ethyl adjacent to an activating group) is 1. The highest BCUT2D eigenvalue weighted by molar-refractivity contribution is 6.01. The molecule has 216 valence electrons. The average molecular weight is 577 g/mol. The Morgan fingerprint density at radius 1 is 0.900 bits per heavy atom. The van der Waals surface area contributed by atoms with E-state index in [2.05, 4.69) is 4.99 Å². The molecule has 10 N–H and O–H groups in total. The van der Waals surface area contributed by atoms with E-state index < -0.39 is 42.9 Å². The van der Waals surface area contributed by atoms with Crippen molar-refractivity contribution in [3.8, 4) is 11.1 Å². The van der Waals surface area contributed by atoms with Crippen LogP contribution in [0.5, 0.6) is 0 Å². The summed E-state index contributed by atoms with van der Waals surface area (Å²) in [5.41, 5.74) is 12.7.